The van der Waals surface area contributed by atoms with Crippen LogP contribution in [0.15, 0.2) is 22.9 Å². The maximum absolute atomic E-state index is 11.1. The van der Waals surface area contributed by atoms with E-state index in [0.717, 1.165) is 0 Å². The second-order valence-electron chi connectivity index (χ2n) is 2.51. The van der Waals surface area contributed by atoms with Gasteiger partial charge >= 0.3 is 0 Å². The Balaban J connectivity index is 3.29. The zero-order valence-electron chi connectivity index (χ0n) is 7.12. The molecule has 0 unspecified atom stereocenters. The van der Waals surface area contributed by atoms with Crippen LogP contribution in [0.25, 0.3) is 0 Å². The molecule has 1 aliphatic carbocycles. The van der Waals surface area contributed by atoms with Crippen LogP contribution in [0, 0.1) is 0 Å². The van der Waals surface area contributed by atoms with E-state index in [9.17, 15) is 9.59 Å². The number of carbonyl (C=O) groups is 2. The molecule has 0 fully saturated rings. The van der Waals surface area contributed by atoms with Gasteiger partial charge in [0, 0.05) is 5.57 Å². The standard InChI is InChI=1S/C8H8O5/c1-3-4(9)5(10)6(11)7(12)8(3)13-2/h10-11H,1-2H3. The number of hydrogen-bond acceptors (Lipinski definition) is 5. The van der Waals surface area contributed by atoms with Crippen LogP contribution in [0.2, 0.25) is 0 Å². The lowest BCUT2D eigenvalue weighted by Crippen LogP contribution is -2.23. The summed E-state index contributed by atoms with van der Waals surface area (Å²) in [6.45, 7) is 1.34. The Morgan fingerprint density at radius 3 is 2.00 bits per heavy atom. The Morgan fingerprint density at radius 2 is 1.54 bits per heavy atom. The molecule has 0 aliphatic heterocycles. The molecular formula is C8H8O5. The summed E-state index contributed by atoms with van der Waals surface area (Å²) in [6, 6.07) is 0. The fourth-order valence-corrected chi connectivity index (χ4v) is 1.02. The summed E-state index contributed by atoms with van der Waals surface area (Å²) in [7, 11) is 1.21. The highest BCUT2D eigenvalue weighted by Crippen LogP contribution is 2.21. The van der Waals surface area contributed by atoms with E-state index in [-0.39, 0.29) is 11.3 Å². The minimum Gasteiger partial charge on any atom is -0.501 e. The fourth-order valence-electron chi connectivity index (χ4n) is 1.02. The van der Waals surface area contributed by atoms with Crippen LogP contribution in [0.4, 0.5) is 0 Å². The van der Waals surface area contributed by atoms with Gasteiger partial charge in [-0.15, -0.1) is 0 Å². The molecule has 0 amide bonds. The van der Waals surface area contributed by atoms with Crippen molar-refractivity contribution in [2.24, 2.45) is 0 Å². The number of hydrogen-bond donors (Lipinski definition) is 2. The zero-order valence-corrected chi connectivity index (χ0v) is 7.12. The van der Waals surface area contributed by atoms with Gasteiger partial charge in [0.15, 0.2) is 5.76 Å². The van der Waals surface area contributed by atoms with Gasteiger partial charge in [-0.25, -0.2) is 0 Å². The number of aliphatic hydroxyl groups is 2. The first kappa shape index (κ1) is 9.31. The Morgan fingerprint density at radius 1 is 1.08 bits per heavy atom. The van der Waals surface area contributed by atoms with Crippen LogP contribution in [0.1, 0.15) is 6.92 Å². The van der Waals surface area contributed by atoms with Crippen molar-refractivity contribution in [1.82, 2.24) is 0 Å². The summed E-state index contributed by atoms with van der Waals surface area (Å²) in [6.07, 6.45) is 0. The van der Waals surface area contributed by atoms with E-state index in [1.54, 1.807) is 0 Å². The third-order valence-corrected chi connectivity index (χ3v) is 1.75. The first-order valence-corrected chi connectivity index (χ1v) is 3.47. The van der Waals surface area contributed by atoms with E-state index >= 15 is 0 Å². The summed E-state index contributed by atoms with van der Waals surface area (Å²) in [4.78, 5) is 22.2. The van der Waals surface area contributed by atoms with Gasteiger partial charge in [0.25, 0.3) is 5.78 Å². The molecule has 0 saturated carbocycles. The quantitative estimate of drug-likeness (QED) is 0.576. The Labute approximate surface area is 73.9 Å². The summed E-state index contributed by atoms with van der Waals surface area (Å²) in [5.41, 5.74) is -0.0113. The number of ether oxygens (including phenoxy) is 1. The summed E-state index contributed by atoms with van der Waals surface area (Å²) in [5.74, 6) is -3.80. The number of carbonyl (C=O) groups excluding carboxylic acids is 2. The first-order chi connectivity index (χ1) is 6.00. The number of allylic oxidation sites excluding steroid dienone is 1. The molecule has 70 valence electrons. The lowest BCUT2D eigenvalue weighted by atomic mass is 10.00. The van der Waals surface area contributed by atoms with Crippen molar-refractivity contribution in [3.05, 3.63) is 22.9 Å². The minimum absolute atomic E-state index is 0.0113. The highest BCUT2D eigenvalue weighted by Gasteiger charge is 2.33. The number of methoxy groups -OCH3 is 1. The van der Waals surface area contributed by atoms with E-state index in [0.29, 0.717) is 0 Å². The van der Waals surface area contributed by atoms with Gasteiger partial charge in [-0.3, -0.25) is 9.59 Å². The van der Waals surface area contributed by atoms with Crippen LogP contribution in [-0.4, -0.2) is 28.9 Å². The molecule has 0 atom stereocenters. The first-order valence-electron chi connectivity index (χ1n) is 3.47. The normalized spacial score (nSPS) is 18.3. The molecule has 0 spiro atoms. The summed E-state index contributed by atoms with van der Waals surface area (Å²) in [5, 5.41) is 18.0. The molecule has 13 heavy (non-hydrogen) atoms. The molecule has 1 rings (SSSR count). The SMILES string of the molecule is COC1=C(C)C(=O)C(O)=C(O)C1=O. The Hall–Kier alpha value is -1.78. The second-order valence-corrected chi connectivity index (χ2v) is 2.51. The van der Waals surface area contributed by atoms with Crippen LogP contribution in [0.3, 0.4) is 0 Å². The smallest absolute Gasteiger partial charge is 0.266 e. The molecule has 0 radical (unpaired) electrons. The second kappa shape index (κ2) is 2.93. The Bertz CT molecular complexity index is 348. The monoisotopic (exact) mass is 184 g/mol. The van der Waals surface area contributed by atoms with E-state index in [1.165, 1.54) is 14.0 Å². The molecule has 2 N–H and O–H groups in total. The third kappa shape index (κ3) is 1.18. The molecule has 0 aromatic rings. The van der Waals surface area contributed by atoms with Gasteiger partial charge in [0.1, 0.15) is 0 Å². The van der Waals surface area contributed by atoms with E-state index in [1.807, 2.05) is 0 Å². The fraction of sp³-hybridized carbons (Fsp3) is 0.250. The Kier molecular flexibility index (Phi) is 2.10. The highest BCUT2D eigenvalue weighted by molar-refractivity contribution is 6.22. The molecule has 5 heteroatoms. The minimum atomic E-state index is -0.965. The van der Waals surface area contributed by atoms with Crippen molar-refractivity contribution in [2.45, 2.75) is 6.92 Å². The predicted octanol–water partition coefficient (Wildman–Crippen LogP) is 0.386. The number of rotatable bonds is 1. The number of Topliss-reactive ketones (excluding diaryl/α,β-unsaturated/α-hetero) is 2. The largest absolute Gasteiger partial charge is 0.501 e. The van der Waals surface area contributed by atoms with Gasteiger partial charge in [0.05, 0.1) is 7.11 Å². The lowest BCUT2D eigenvalue weighted by molar-refractivity contribution is -0.122. The molecule has 0 saturated heterocycles. The lowest BCUT2D eigenvalue weighted by Gasteiger charge is -2.13. The zero-order chi connectivity index (χ0) is 10.2. The number of ketones is 2. The molecular weight excluding hydrogens is 176 g/mol. The van der Waals surface area contributed by atoms with Crippen molar-refractivity contribution in [1.29, 1.82) is 0 Å². The van der Waals surface area contributed by atoms with Gasteiger partial charge in [-0.1, -0.05) is 0 Å². The topological polar surface area (TPSA) is 83.8 Å². The molecule has 1 aliphatic rings. The summed E-state index contributed by atoms with van der Waals surface area (Å²) >= 11 is 0. The van der Waals surface area contributed by atoms with Crippen LogP contribution >= 0.6 is 0 Å². The molecule has 0 bridgehead atoms. The van der Waals surface area contributed by atoms with E-state index in [4.69, 9.17) is 10.2 Å². The third-order valence-electron chi connectivity index (χ3n) is 1.75. The molecule has 0 aromatic carbocycles. The molecule has 0 aromatic heterocycles. The van der Waals surface area contributed by atoms with Gasteiger partial charge in [-0.05, 0) is 6.92 Å². The van der Waals surface area contributed by atoms with Gasteiger partial charge in [-0.2, -0.15) is 0 Å². The van der Waals surface area contributed by atoms with Crippen molar-refractivity contribution >= 4 is 11.6 Å². The van der Waals surface area contributed by atoms with E-state index < -0.39 is 23.1 Å². The van der Waals surface area contributed by atoms with Crippen LogP contribution in [-0.2, 0) is 14.3 Å². The molecule has 0 heterocycles. The van der Waals surface area contributed by atoms with Crippen LogP contribution in [0.5, 0.6) is 0 Å². The average molecular weight is 184 g/mol. The van der Waals surface area contributed by atoms with Gasteiger partial charge < -0.3 is 14.9 Å². The average Bonchev–Trinajstić information content (AvgIpc) is 2.13. The summed E-state index contributed by atoms with van der Waals surface area (Å²) < 4.78 is 4.61. The maximum atomic E-state index is 11.1. The maximum Gasteiger partial charge on any atom is 0.266 e. The van der Waals surface area contributed by atoms with Crippen LogP contribution < -0.4 is 0 Å². The predicted molar refractivity (Wildman–Crippen MR) is 42.0 cm³/mol. The highest BCUT2D eigenvalue weighted by atomic mass is 16.5. The van der Waals surface area contributed by atoms with E-state index in [2.05, 4.69) is 4.74 Å². The van der Waals surface area contributed by atoms with Crippen molar-refractivity contribution in [3.63, 3.8) is 0 Å². The van der Waals surface area contributed by atoms with Crippen molar-refractivity contribution in [2.75, 3.05) is 7.11 Å². The van der Waals surface area contributed by atoms with Crippen molar-refractivity contribution < 1.29 is 24.5 Å². The van der Waals surface area contributed by atoms with Gasteiger partial charge in [0.2, 0.25) is 17.3 Å². The molecule has 5 nitrogen and oxygen atoms in total. The van der Waals surface area contributed by atoms with Crippen molar-refractivity contribution in [3.8, 4) is 0 Å². The number of aliphatic hydroxyl groups excluding tert-OH is 2.